The highest BCUT2D eigenvalue weighted by molar-refractivity contribution is 7.65. The van der Waals surface area contributed by atoms with Crippen LogP contribution < -0.4 is 10.2 Å². The fraction of sp³-hybridized carbons (Fsp3) is 0.136. The van der Waals surface area contributed by atoms with Crippen LogP contribution in [-0.4, -0.2) is 39.8 Å². The molecule has 176 valence electrons. The number of benzene rings is 1. The highest BCUT2D eigenvalue weighted by atomic mass is 35.5. The van der Waals surface area contributed by atoms with Crippen LogP contribution in [0.2, 0.25) is 5.02 Å². The fourth-order valence-corrected chi connectivity index (χ4v) is 4.20. The normalized spacial score (nSPS) is 14.6. The number of carbonyl (C=O) groups excluding carboxylic acids is 1. The van der Waals surface area contributed by atoms with E-state index in [0.29, 0.717) is 58.2 Å². The molecule has 13 heteroatoms. The molecule has 0 saturated heterocycles. The number of pyridine rings is 1. The molecule has 0 unspecified atom stereocenters. The number of hydrogen-bond donors (Lipinski definition) is 1. The van der Waals surface area contributed by atoms with E-state index in [0.717, 1.165) is 12.3 Å². The summed E-state index contributed by atoms with van der Waals surface area (Å²) in [6, 6.07) is 6.18. The van der Waals surface area contributed by atoms with Crippen molar-refractivity contribution in [3.8, 4) is 0 Å². The van der Waals surface area contributed by atoms with Crippen LogP contribution in [0.4, 0.5) is 24.7 Å². The summed E-state index contributed by atoms with van der Waals surface area (Å²) in [5.41, 5.74) is 0.815. The maximum absolute atomic E-state index is 13.0. The Morgan fingerprint density at radius 2 is 2.00 bits per heavy atom. The van der Waals surface area contributed by atoms with Crippen LogP contribution in [0, 0.1) is 0 Å². The number of aromatic nitrogens is 3. The van der Waals surface area contributed by atoms with Gasteiger partial charge in [0.05, 0.1) is 12.1 Å². The van der Waals surface area contributed by atoms with Gasteiger partial charge in [-0.1, -0.05) is 11.6 Å². The van der Waals surface area contributed by atoms with Gasteiger partial charge >= 0.3 is 23.0 Å². The van der Waals surface area contributed by atoms with Crippen LogP contribution in [0.3, 0.4) is 0 Å². The number of nitrogens with one attached hydrogen (secondary N) is 1. The molecule has 1 aromatic carbocycles. The number of aliphatic imine (C=N–C) groups is 1. The number of alkyl halides is 3. The van der Waals surface area contributed by atoms with Gasteiger partial charge in [0.2, 0.25) is 0 Å². The van der Waals surface area contributed by atoms with Gasteiger partial charge in [-0.2, -0.15) is 23.1 Å². The lowest BCUT2D eigenvalue weighted by Gasteiger charge is -2.27. The van der Waals surface area contributed by atoms with Crippen molar-refractivity contribution in [2.75, 3.05) is 23.3 Å². The second kappa shape index (κ2) is 8.78. The first-order valence-electron chi connectivity index (χ1n) is 10.1. The second-order valence-corrected chi connectivity index (χ2v) is 8.45. The highest BCUT2D eigenvalue weighted by Gasteiger charge is 2.33. The minimum Gasteiger partial charge on any atom is -0.321 e. The predicted octanol–water partition coefficient (Wildman–Crippen LogP) is 4.36. The van der Waals surface area contributed by atoms with Gasteiger partial charge in [0, 0.05) is 50.6 Å². The van der Waals surface area contributed by atoms with Gasteiger partial charge in [-0.15, -0.1) is 0 Å². The lowest BCUT2D eigenvalue weighted by atomic mass is 9.98. The standard InChI is InChI=1S/C22H12ClF3N6O2S/c23-16-2-1-13(30-20(33)17-8-12(3-4-27-17)22(24,25)26)9-14(16)15-7-11-10-29-21(35-34)31-18(11)32-6-5-28-19(15)32/h1-4,7-10H,5-6H2/p+1. The van der Waals surface area contributed by atoms with E-state index in [9.17, 15) is 22.2 Å². The zero-order chi connectivity index (χ0) is 24.7. The molecule has 0 atom stereocenters. The topological polar surface area (TPSA) is 100 Å². The molecule has 5 rings (SSSR count). The summed E-state index contributed by atoms with van der Waals surface area (Å²) in [7, 11) is 0. The molecule has 8 nitrogen and oxygen atoms in total. The molecule has 0 saturated carbocycles. The van der Waals surface area contributed by atoms with Crippen LogP contribution in [0.15, 0.2) is 52.9 Å². The van der Waals surface area contributed by atoms with E-state index >= 15 is 0 Å². The third-order valence-electron chi connectivity index (χ3n) is 5.32. The van der Waals surface area contributed by atoms with Crippen molar-refractivity contribution < 1.29 is 22.2 Å². The molecule has 2 aliphatic heterocycles. The van der Waals surface area contributed by atoms with Crippen LogP contribution in [0.25, 0.3) is 11.6 Å². The van der Waals surface area contributed by atoms with E-state index in [1.807, 2.05) is 4.90 Å². The van der Waals surface area contributed by atoms with Gasteiger partial charge < -0.3 is 10.2 Å². The number of halogens is 4. The van der Waals surface area contributed by atoms with Crippen molar-refractivity contribution >= 4 is 58.2 Å². The summed E-state index contributed by atoms with van der Waals surface area (Å²) in [6.45, 7) is 1.06. The molecule has 2 aliphatic rings. The molecule has 0 radical (unpaired) electrons. The van der Waals surface area contributed by atoms with E-state index in [1.54, 1.807) is 18.2 Å². The van der Waals surface area contributed by atoms with Crippen LogP contribution >= 0.6 is 11.6 Å². The number of nitrogens with zero attached hydrogens (tertiary/aromatic N) is 5. The summed E-state index contributed by atoms with van der Waals surface area (Å²) >= 11 is 6.67. The second-order valence-electron chi connectivity index (χ2n) is 7.51. The third-order valence-corrected chi connectivity index (χ3v) is 6.00. The lowest BCUT2D eigenvalue weighted by molar-refractivity contribution is -0.137. The minimum absolute atomic E-state index is 0.0952. The molecule has 3 aromatic rings. The fourth-order valence-electron chi connectivity index (χ4n) is 3.76. The van der Waals surface area contributed by atoms with Crippen molar-refractivity contribution in [1.82, 2.24) is 15.0 Å². The largest absolute Gasteiger partial charge is 0.550 e. The molecular formula is C22H13ClF3N6O2S+. The van der Waals surface area contributed by atoms with Crippen molar-refractivity contribution in [3.05, 3.63) is 70.1 Å². The first-order chi connectivity index (χ1) is 16.7. The number of hydrogen-bond acceptors (Lipinski definition) is 7. The van der Waals surface area contributed by atoms with Crippen molar-refractivity contribution in [2.24, 2.45) is 4.99 Å². The van der Waals surface area contributed by atoms with Crippen LogP contribution in [-0.2, 0) is 22.1 Å². The molecule has 2 aromatic heterocycles. The Hall–Kier alpha value is -3.77. The Balaban J connectivity index is 1.50. The Labute approximate surface area is 205 Å². The third kappa shape index (κ3) is 4.37. The smallest absolute Gasteiger partial charge is 0.321 e. The number of carbonyl (C=O) groups is 1. The summed E-state index contributed by atoms with van der Waals surface area (Å²) in [6.07, 6.45) is -0.339. The Bertz CT molecular complexity index is 1440. The molecule has 1 N–H and O–H groups in total. The molecule has 0 bridgehead atoms. The number of rotatable bonds is 4. The Morgan fingerprint density at radius 3 is 2.77 bits per heavy atom. The van der Waals surface area contributed by atoms with Crippen LogP contribution in [0.1, 0.15) is 27.2 Å². The quantitative estimate of drug-likeness (QED) is 0.408. The number of anilines is 2. The summed E-state index contributed by atoms with van der Waals surface area (Å²) in [5, 5.41) is 3.03. The van der Waals surface area contributed by atoms with E-state index in [4.69, 9.17) is 11.6 Å². The molecule has 35 heavy (non-hydrogen) atoms. The summed E-state index contributed by atoms with van der Waals surface area (Å²) in [4.78, 5) is 31.1. The maximum Gasteiger partial charge on any atom is 0.550 e. The van der Waals surface area contributed by atoms with E-state index in [-0.39, 0.29) is 22.5 Å². The molecule has 1 amide bonds. The number of amides is 1. The van der Waals surface area contributed by atoms with Gasteiger partial charge in [-0.25, -0.2) is 0 Å². The van der Waals surface area contributed by atoms with Crippen LogP contribution in [0.5, 0.6) is 0 Å². The van der Waals surface area contributed by atoms with E-state index in [1.165, 1.54) is 12.3 Å². The average Bonchev–Trinajstić information content (AvgIpc) is 3.34. The molecule has 0 aliphatic carbocycles. The van der Waals surface area contributed by atoms with Crippen molar-refractivity contribution in [2.45, 2.75) is 11.3 Å². The first-order valence-corrected chi connectivity index (χ1v) is 11.2. The molecule has 0 fully saturated rings. The van der Waals surface area contributed by atoms with Gasteiger partial charge in [-0.3, -0.25) is 14.8 Å². The lowest BCUT2D eigenvalue weighted by Crippen LogP contribution is -2.32. The zero-order valence-electron chi connectivity index (χ0n) is 17.5. The Morgan fingerprint density at radius 1 is 1.17 bits per heavy atom. The van der Waals surface area contributed by atoms with Gasteiger partial charge in [0.25, 0.3) is 5.91 Å². The average molecular weight is 518 g/mol. The number of amidine groups is 1. The minimum atomic E-state index is -4.60. The highest BCUT2D eigenvalue weighted by Crippen LogP contribution is 2.38. The predicted molar refractivity (Wildman–Crippen MR) is 125 cm³/mol. The summed E-state index contributed by atoms with van der Waals surface area (Å²) in [5.74, 6) is 0.362. The monoisotopic (exact) mass is 517 g/mol. The SMILES string of the molecule is O=[S+]c1ncc2c(n1)N1CCN=C1C(c1cc(NC(=O)c3cc(C(F)(F)F)ccn3)ccc1Cl)=C2. The van der Waals surface area contributed by atoms with Gasteiger partial charge in [0.1, 0.15) is 11.5 Å². The first kappa shape index (κ1) is 23.0. The Kier molecular flexibility index (Phi) is 5.77. The number of fused-ring (bicyclic) bond motifs is 3. The zero-order valence-corrected chi connectivity index (χ0v) is 19.1. The van der Waals surface area contributed by atoms with Gasteiger partial charge in [0.15, 0.2) is 5.82 Å². The summed E-state index contributed by atoms with van der Waals surface area (Å²) < 4.78 is 50.1. The molecule has 0 spiro atoms. The van der Waals surface area contributed by atoms with E-state index in [2.05, 4.69) is 25.3 Å². The molecule has 4 heterocycles. The van der Waals surface area contributed by atoms with Gasteiger partial charge in [-0.05, 0) is 36.4 Å². The van der Waals surface area contributed by atoms with Crippen molar-refractivity contribution in [1.29, 1.82) is 0 Å². The van der Waals surface area contributed by atoms with E-state index < -0.39 is 17.6 Å². The molecular weight excluding hydrogens is 505 g/mol. The van der Waals surface area contributed by atoms with Crippen molar-refractivity contribution in [3.63, 3.8) is 0 Å². The maximum atomic E-state index is 13.0.